The predicted octanol–water partition coefficient (Wildman–Crippen LogP) is 3.79. The Morgan fingerprint density at radius 1 is 1.32 bits per heavy atom. The normalized spacial score (nSPS) is 17.0. The number of sulfone groups is 1. The van der Waals surface area contributed by atoms with Crippen LogP contribution in [0.4, 0.5) is 15.8 Å². The van der Waals surface area contributed by atoms with Crippen molar-refractivity contribution in [3.05, 3.63) is 57.9 Å². The molecule has 0 saturated carbocycles. The first-order valence-electron chi connectivity index (χ1n) is 7.43. The Hall–Kier alpha value is -2.13. The molecule has 0 saturated heterocycles. The molecule has 0 fully saturated rings. The van der Waals surface area contributed by atoms with Crippen LogP contribution in [0, 0.1) is 15.9 Å². The molecule has 0 aliphatic carbocycles. The molecule has 3 rings (SSSR count). The van der Waals surface area contributed by atoms with Gasteiger partial charge in [-0.15, -0.1) is 11.8 Å². The number of thioether (sulfide) groups is 1. The van der Waals surface area contributed by atoms with Gasteiger partial charge in [-0.3, -0.25) is 10.1 Å². The molecule has 0 radical (unpaired) electrons. The number of halogens is 1. The largest absolute Gasteiger partial charge is 0.373 e. The minimum atomic E-state index is -3.55. The Kier molecular flexibility index (Phi) is 4.70. The van der Waals surface area contributed by atoms with Gasteiger partial charge in [0.1, 0.15) is 11.5 Å². The Bertz CT molecular complexity index is 947. The van der Waals surface area contributed by atoms with Crippen LogP contribution in [0.15, 0.2) is 46.2 Å². The van der Waals surface area contributed by atoms with E-state index in [4.69, 9.17) is 0 Å². The van der Waals surface area contributed by atoms with Crippen LogP contribution in [0.5, 0.6) is 0 Å². The number of hydrogen-bond donors (Lipinski definition) is 1. The summed E-state index contributed by atoms with van der Waals surface area (Å²) in [5.74, 6) is 0.372. The van der Waals surface area contributed by atoms with Gasteiger partial charge in [0, 0.05) is 23.0 Å². The molecule has 2 aromatic carbocycles. The van der Waals surface area contributed by atoms with Gasteiger partial charge < -0.3 is 5.32 Å². The van der Waals surface area contributed by atoms with E-state index in [9.17, 15) is 22.9 Å². The van der Waals surface area contributed by atoms with Gasteiger partial charge in [0.15, 0.2) is 9.84 Å². The van der Waals surface area contributed by atoms with E-state index in [2.05, 4.69) is 5.32 Å². The number of nitrogens with zero attached hydrogens (tertiary/aromatic N) is 1. The standard InChI is InChI=1S/C16H15FN2O4S2/c1-25(22,23)10-5-6-14(15(9-10)19(20)21)18-13-7-8-24-16-11(13)3-2-4-12(16)17/h2-6,9,13,18H,7-8H2,1H3/t13-/m1/s1. The number of nitro groups is 1. The Balaban J connectivity index is 2.00. The molecule has 1 aliphatic rings. The topological polar surface area (TPSA) is 89.3 Å². The summed E-state index contributed by atoms with van der Waals surface area (Å²) in [5, 5.41) is 14.4. The van der Waals surface area contributed by atoms with Crippen molar-refractivity contribution in [3.63, 3.8) is 0 Å². The Morgan fingerprint density at radius 3 is 2.76 bits per heavy atom. The average molecular weight is 382 g/mol. The second kappa shape index (κ2) is 6.64. The highest BCUT2D eigenvalue weighted by molar-refractivity contribution is 7.99. The number of anilines is 1. The van der Waals surface area contributed by atoms with Crippen LogP contribution in [0.25, 0.3) is 0 Å². The van der Waals surface area contributed by atoms with Gasteiger partial charge in [-0.1, -0.05) is 12.1 Å². The summed E-state index contributed by atoms with van der Waals surface area (Å²) in [6, 6.07) is 8.26. The summed E-state index contributed by atoms with van der Waals surface area (Å²) >= 11 is 1.42. The van der Waals surface area contributed by atoms with Crippen molar-refractivity contribution >= 4 is 33.0 Å². The van der Waals surface area contributed by atoms with Crippen LogP contribution in [-0.4, -0.2) is 25.3 Å². The van der Waals surface area contributed by atoms with Crippen molar-refractivity contribution in [1.29, 1.82) is 0 Å². The quantitative estimate of drug-likeness (QED) is 0.639. The molecule has 0 bridgehead atoms. The van der Waals surface area contributed by atoms with E-state index in [-0.39, 0.29) is 28.1 Å². The third kappa shape index (κ3) is 3.62. The minimum absolute atomic E-state index is 0.115. The summed E-state index contributed by atoms with van der Waals surface area (Å²) in [4.78, 5) is 11.2. The first-order valence-corrected chi connectivity index (χ1v) is 10.3. The van der Waals surface area contributed by atoms with E-state index in [1.807, 2.05) is 0 Å². The van der Waals surface area contributed by atoms with Crippen molar-refractivity contribution in [3.8, 4) is 0 Å². The first kappa shape index (κ1) is 17.7. The van der Waals surface area contributed by atoms with Crippen molar-refractivity contribution in [2.75, 3.05) is 17.3 Å². The third-order valence-electron chi connectivity index (χ3n) is 3.95. The molecular formula is C16H15FN2O4S2. The van der Waals surface area contributed by atoms with Gasteiger partial charge in [-0.2, -0.15) is 0 Å². The van der Waals surface area contributed by atoms with E-state index < -0.39 is 14.8 Å². The number of hydrogen-bond acceptors (Lipinski definition) is 6. The maximum atomic E-state index is 14.0. The molecule has 1 aliphatic heterocycles. The van der Waals surface area contributed by atoms with Crippen LogP contribution in [0.1, 0.15) is 18.0 Å². The van der Waals surface area contributed by atoms with Gasteiger partial charge in [-0.25, -0.2) is 12.8 Å². The highest BCUT2D eigenvalue weighted by atomic mass is 32.2. The lowest BCUT2D eigenvalue weighted by molar-refractivity contribution is -0.384. The average Bonchev–Trinajstić information content (AvgIpc) is 2.55. The predicted molar refractivity (Wildman–Crippen MR) is 94.3 cm³/mol. The fourth-order valence-electron chi connectivity index (χ4n) is 2.74. The summed E-state index contributed by atoms with van der Waals surface area (Å²) in [6.45, 7) is 0. The summed E-state index contributed by atoms with van der Waals surface area (Å²) in [7, 11) is -3.55. The fraction of sp³-hybridized carbons (Fsp3) is 0.250. The maximum absolute atomic E-state index is 14.0. The molecule has 0 amide bonds. The first-order chi connectivity index (χ1) is 11.8. The second-order valence-corrected chi connectivity index (χ2v) is 8.82. The summed E-state index contributed by atoms with van der Waals surface area (Å²) in [6.07, 6.45) is 1.67. The highest BCUT2D eigenvalue weighted by Gasteiger charge is 2.26. The molecule has 25 heavy (non-hydrogen) atoms. The van der Waals surface area contributed by atoms with Crippen molar-refractivity contribution < 1.29 is 17.7 Å². The molecule has 0 spiro atoms. The lowest BCUT2D eigenvalue weighted by atomic mass is 10.0. The van der Waals surface area contributed by atoms with E-state index in [1.54, 1.807) is 12.1 Å². The SMILES string of the molecule is CS(=O)(=O)c1ccc(N[C@@H]2CCSc3c(F)cccc32)c([N+](=O)[O-])c1. The van der Waals surface area contributed by atoms with Crippen LogP contribution in [0.3, 0.4) is 0 Å². The van der Waals surface area contributed by atoms with Crippen molar-refractivity contribution in [1.82, 2.24) is 0 Å². The van der Waals surface area contributed by atoms with Gasteiger partial charge in [-0.05, 0) is 30.2 Å². The fourth-order valence-corrected chi connectivity index (χ4v) is 4.52. The highest BCUT2D eigenvalue weighted by Crippen LogP contribution is 2.40. The molecule has 6 nitrogen and oxygen atoms in total. The zero-order chi connectivity index (χ0) is 18.2. The lowest BCUT2D eigenvalue weighted by Crippen LogP contribution is -2.17. The van der Waals surface area contributed by atoms with Crippen LogP contribution in [-0.2, 0) is 9.84 Å². The number of benzene rings is 2. The van der Waals surface area contributed by atoms with E-state index in [0.717, 1.165) is 17.9 Å². The van der Waals surface area contributed by atoms with Crippen LogP contribution >= 0.6 is 11.8 Å². The number of nitrogens with one attached hydrogen (secondary N) is 1. The smallest absolute Gasteiger partial charge is 0.293 e. The molecule has 0 aromatic heterocycles. The molecule has 132 valence electrons. The minimum Gasteiger partial charge on any atom is -0.373 e. The monoisotopic (exact) mass is 382 g/mol. The summed E-state index contributed by atoms with van der Waals surface area (Å²) in [5.41, 5.74) is 0.640. The third-order valence-corrected chi connectivity index (χ3v) is 6.22. The van der Waals surface area contributed by atoms with Crippen LogP contribution in [0.2, 0.25) is 0 Å². The molecule has 1 heterocycles. The zero-order valence-corrected chi connectivity index (χ0v) is 14.9. The second-order valence-electron chi connectivity index (χ2n) is 5.70. The number of nitro benzene ring substituents is 1. The maximum Gasteiger partial charge on any atom is 0.293 e. The summed E-state index contributed by atoms with van der Waals surface area (Å²) < 4.78 is 37.2. The molecular weight excluding hydrogens is 367 g/mol. The van der Waals surface area contributed by atoms with Gasteiger partial charge in [0.05, 0.1) is 15.9 Å². The zero-order valence-electron chi connectivity index (χ0n) is 13.2. The van der Waals surface area contributed by atoms with Gasteiger partial charge >= 0.3 is 0 Å². The number of rotatable bonds is 4. The lowest BCUT2D eigenvalue weighted by Gasteiger charge is -2.27. The van der Waals surface area contributed by atoms with E-state index in [0.29, 0.717) is 17.1 Å². The molecule has 0 unspecified atom stereocenters. The molecule has 9 heteroatoms. The van der Waals surface area contributed by atoms with Crippen molar-refractivity contribution in [2.45, 2.75) is 22.3 Å². The molecule has 1 N–H and O–H groups in total. The molecule has 1 atom stereocenters. The van der Waals surface area contributed by atoms with E-state index in [1.165, 1.54) is 30.0 Å². The van der Waals surface area contributed by atoms with Gasteiger partial charge in [0.2, 0.25) is 0 Å². The Labute approximate surface area is 148 Å². The van der Waals surface area contributed by atoms with E-state index >= 15 is 0 Å². The molecule has 2 aromatic rings. The van der Waals surface area contributed by atoms with Crippen molar-refractivity contribution in [2.24, 2.45) is 0 Å². The number of fused-ring (bicyclic) bond motifs is 1. The van der Waals surface area contributed by atoms with Crippen LogP contribution < -0.4 is 5.32 Å². The van der Waals surface area contributed by atoms with Gasteiger partial charge in [0.25, 0.3) is 5.69 Å². The Morgan fingerprint density at radius 2 is 2.08 bits per heavy atom.